The molecule has 0 unspecified atom stereocenters. The van der Waals surface area contributed by atoms with Gasteiger partial charge in [0.2, 0.25) is 0 Å². The number of rotatable bonds is 6. The van der Waals surface area contributed by atoms with Crippen molar-refractivity contribution < 1.29 is 33.4 Å². The van der Waals surface area contributed by atoms with Crippen LogP contribution in [0.4, 0.5) is 4.79 Å². The first kappa shape index (κ1) is 21.2. The van der Waals surface area contributed by atoms with Gasteiger partial charge in [0, 0.05) is 0 Å². The summed E-state index contributed by atoms with van der Waals surface area (Å²) in [5.41, 5.74) is 0.668. The van der Waals surface area contributed by atoms with E-state index in [-0.39, 0.29) is 11.5 Å². The molecule has 1 aromatic rings. The van der Waals surface area contributed by atoms with Crippen LogP contribution in [0.2, 0.25) is 0 Å². The first-order chi connectivity index (χ1) is 12.8. The van der Waals surface area contributed by atoms with Gasteiger partial charge in [-0.25, -0.2) is 9.59 Å². The number of halogens is 1. The Kier molecular flexibility index (Phi) is 7.25. The number of methoxy groups -OCH3 is 2. The molecular formula is C17H16INO7S. The molecule has 0 N–H and O–H groups in total. The molecule has 0 spiro atoms. The van der Waals surface area contributed by atoms with E-state index in [0.29, 0.717) is 14.9 Å². The third-order valence-electron chi connectivity index (χ3n) is 3.58. The minimum Gasteiger partial charge on any atom is -0.481 e. The highest BCUT2D eigenvalue weighted by Gasteiger charge is 2.41. The fraction of sp³-hybridized carbons (Fsp3) is 0.294. The molecule has 2 rings (SSSR count). The standard InChI is InChI=1S/C17H16INO7S/c1-9(16(22)25-3)19-15(21)13(27-17(19)23)7-10-4-5-12(11(18)6-10)26-8-14(20)24-2/h4-7,9H,8H2,1-3H3/b13-7+/t9-/m1/s1. The third kappa shape index (κ3) is 5.01. The van der Waals surface area contributed by atoms with Crippen LogP contribution >= 0.6 is 34.4 Å². The van der Waals surface area contributed by atoms with Crippen molar-refractivity contribution in [2.24, 2.45) is 0 Å². The van der Waals surface area contributed by atoms with Crippen LogP contribution in [0.5, 0.6) is 5.75 Å². The van der Waals surface area contributed by atoms with Crippen molar-refractivity contribution in [3.05, 3.63) is 32.2 Å². The smallest absolute Gasteiger partial charge is 0.343 e. The fourth-order valence-corrected chi connectivity index (χ4v) is 3.76. The van der Waals surface area contributed by atoms with Gasteiger partial charge in [-0.3, -0.25) is 14.5 Å². The van der Waals surface area contributed by atoms with Crippen molar-refractivity contribution in [2.75, 3.05) is 20.8 Å². The summed E-state index contributed by atoms with van der Waals surface area (Å²) in [7, 11) is 2.47. The van der Waals surface area contributed by atoms with E-state index in [0.717, 1.165) is 16.7 Å². The van der Waals surface area contributed by atoms with Crippen molar-refractivity contribution in [1.82, 2.24) is 4.90 Å². The lowest BCUT2D eigenvalue weighted by molar-refractivity contribution is -0.148. The highest BCUT2D eigenvalue weighted by molar-refractivity contribution is 14.1. The summed E-state index contributed by atoms with van der Waals surface area (Å²) < 4.78 is 15.2. The minimum absolute atomic E-state index is 0.204. The van der Waals surface area contributed by atoms with Gasteiger partial charge >= 0.3 is 11.9 Å². The Bertz CT molecular complexity index is 823. The first-order valence-electron chi connectivity index (χ1n) is 7.62. The van der Waals surface area contributed by atoms with E-state index in [2.05, 4.69) is 9.47 Å². The summed E-state index contributed by atoms with van der Waals surface area (Å²) in [6, 6.07) is 4.08. The van der Waals surface area contributed by atoms with E-state index in [1.54, 1.807) is 24.3 Å². The Hall–Kier alpha value is -2.08. The number of esters is 2. The highest BCUT2D eigenvalue weighted by Crippen LogP contribution is 2.34. The van der Waals surface area contributed by atoms with Crippen molar-refractivity contribution >= 4 is 63.5 Å². The van der Waals surface area contributed by atoms with Crippen LogP contribution < -0.4 is 4.74 Å². The number of hydrogen-bond acceptors (Lipinski definition) is 8. The quantitative estimate of drug-likeness (QED) is 0.331. The Morgan fingerprint density at radius 2 is 1.96 bits per heavy atom. The lowest BCUT2D eigenvalue weighted by Crippen LogP contribution is -2.42. The molecule has 1 aliphatic heterocycles. The minimum atomic E-state index is -0.998. The molecule has 10 heteroatoms. The van der Waals surface area contributed by atoms with Gasteiger partial charge in [-0.1, -0.05) is 6.07 Å². The number of hydrogen-bond donors (Lipinski definition) is 0. The lowest BCUT2D eigenvalue weighted by atomic mass is 10.2. The normalized spacial score (nSPS) is 16.4. The molecule has 0 bridgehead atoms. The number of ether oxygens (including phenoxy) is 3. The number of carbonyl (C=O) groups excluding carboxylic acids is 4. The molecule has 1 heterocycles. The monoisotopic (exact) mass is 505 g/mol. The molecule has 0 aliphatic carbocycles. The van der Waals surface area contributed by atoms with E-state index in [1.807, 2.05) is 22.6 Å². The number of carbonyl (C=O) groups is 4. The maximum atomic E-state index is 12.5. The molecule has 1 aromatic carbocycles. The van der Waals surface area contributed by atoms with Gasteiger partial charge in [0.15, 0.2) is 6.61 Å². The van der Waals surface area contributed by atoms with E-state index in [4.69, 9.17) is 4.74 Å². The predicted octanol–water partition coefficient (Wildman–Crippen LogP) is 2.44. The highest BCUT2D eigenvalue weighted by atomic mass is 127. The Labute approximate surface area is 173 Å². The summed E-state index contributed by atoms with van der Waals surface area (Å²) in [6.45, 7) is 1.22. The molecule has 2 amide bonds. The molecule has 0 aromatic heterocycles. The largest absolute Gasteiger partial charge is 0.481 e. The second-order valence-corrected chi connectivity index (χ2v) is 7.46. The summed E-state index contributed by atoms with van der Waals surface area (Å²) in [4.78, 5) is 48.4. The summed E-state index contributed by atoms with van der Waals surface area (Å²) >= 11 is 2.79. The second kappa shape index (κ2) is 9.22. The van der Waals surface area contributed by atoms with Crippen LogP contribution in [0.25, 0.3) is 6.08 Å². The number of imide groups is 1. The lowest BCUT2D eigenvalue weighted by Gasteiger charge is -2.18. The molecule has 8 nitrogen and oxygen atoms in total. The van der Waals surface area contributed by atoms with Crippen molar-refractivity contribution in [2.45, 2.75) is 13.0 Å². The summed E-state index contributed by atoms with van der Waals surface area (Å²) in [5.74, 6) is -1.22. The van der Waals surface area contributed by atoms with Crippen LogP contribution in [-0.2, 0) is 23.9 Å². The summed E-state index contributed by atoms with van der Waals surface area (Å²) in [6.07, 6.45) is 1.56. The average Bonchev–Trinajstić information content (AvgIpc) is 2.92. The van der Waals surface area contributed by atoms with Gasteiger partial charge in [-0.2, -0.15) is 0 Å². The number of thioether (sulfide) groups is 1. The van der Waals surface area contributed by atoms with Crippen LogP contribution in [0.15, 0.2) is 23.1 Å². The first-order valence-corrected chi connectivity index (χ1v) is 9.52. The number of benzene rings is 1. The van der Waals surface area contributed by atoms with E-state index < -0.39 is 29.1 Å². The van der Waals surface area contributed by atoms with Gasteiger partial charge in [0.1, 0.15) is 11.8 Å². The molecule has 1 atom stereocenters. The van der Waals surface area contributed by atoms with Crippen molar-refractivity contribution in [1.29, 1.82) is 0 Å². The topological polar surface area (TPSA) is 99.2 Å². The van der Waals surface area contributed by atoms with E-state index >= 15 is 0 Å². The zero-order chi connectivity index (χ0) is 20.1. The zero-order valence-corrected chi connectivity index (χ0v) is 17.7. The van der Waals surface area contributed by atoms with Crippen molar-refractivity contribution in [3.63, 3.8) is 0 Å². The second-order valence-electron chi connectivity index (χ2n) is 5.31. The molecule has 1 saturated heterocycles. The predicted molar refractivity (Wildman–Crippen MR) is 106 cm³/mol. The number of amides is 2. The molecular weight excluding hydrogens is 489 g/mol. The van der Waals surface area contributed by atoms with Gasteiger partial charge in [0.05, 0.1) is 22.7 Å². The molecule has 1 fully saturated rings. The van der Waals surface area contributed by atoms with E-state index in [1.165, 1.54) is 21.1 Å². The van der Waals surface area contributed by atoms with Crippen LogP contribution in [0.1, 0.15) is 12.5 Å². The molecule has 144 valence electrons. The van der Waals surface area contributed by atoms with Crippen LogP contribution in [0.3, 0.4) is 0 Å². The molecule has 27 heavy (non-hydrogen) atoms. The molecule has 0 radical (unpaired) electrons. The Morgan fingerprint density at radius 3 is 2.56 bits per heavy atom. The van der Waals surface area contributed by atoms with Crippen LogP contribution in [-0.4, -0.2) is 54.9 Å². The van der Waals surface area contributed by atoms with Crippen LogP contribution in [0, 0.1) is 3.57 Å². The van der Waals surface area contributed by atoms with Crippen molar-refractivity contribution in [3.8, 4) is 5.75 Å². The number of nitrogens with zero attached hydrogens (tertiary/aromatic N) is 1. The van der Waals surface area contributed by atoms with Gasteiger partial charge < -0.3 is 14.2 Å². The maximum absolute atomic E-state index is 12.5. The molecule has 0 saturated carbocycles. The summed E-state index contributed by atoms with van der Waals surface area (Å²) in [5, 5.41) is -0.531. The van der Waals surface area contributed by atoms with Gasteiger partial charge in [-0.15, -0.1) is 0 Å². The SMILES string of the molecule is COC(=O)COc1ccc(/C=C2/SC(=O)N([C@H](C)C(=O)OC)C2=O)cc1I. The third-order valence-corrected chi connectivity index (χ3v) is 5.31. The van der Waals surface area contributed by atoms with Gasteiger partial charge in [0.25, 0.3) is 11.1 Å². The zero-order valence-electron chi connectivity index (χ0n) is 14.7. The van der Waals surface area contributed by atoms with Gasteiger partial charge in [-0.05, 0) is 65.0 Å². The fourth-order valence-electron chi connectivity index (χ4n) is 2.16. The van der Waals surface area contributed by atoms with E-state index in [9.17, 15) is 19.2 Å². The molecule has 1 aliphatic rings. The average molecular weight is 505 g/mol. The Morgan fingerprint density at radius 1 is 1.26 bits per heavy atom. The Balaban J connectivity index is 2.18. The maximum Gasteiger partial charge on any atom is 0.343 e.